The Morgan fingerprint density at radius 2 is 1.69 bits per heavy atom. The van der Waals surface area contributed by atoms with Gasteiger partial charge in [-0.15, -0.1) is 0 Å². The Morgan fingerprint density at radius 1 is 0.938 bits per heavy atom. The minimum Gasteiger partial charge on any atom is -0.393 e. The van der Waals surface area contributed by atoms with Gasteiger partial charge in [-0.05, 0) is 73.5 Å². The Bertz CT molecular complexity index is 839. The molecular weight excluding hydrogens is 400 g/mol. The summed E-state index contributed by atoms with van der Waals surface area (Å²) in [5.41, 5.74) is -0.979. The van der Waals surface area contributed by atoms with Gasteiger partial charge in [0.25, 0.3) is 0 Å². The predicted molar refractivity (Wildman–Crippen MR) is 124 cm³/mol. The maximum absolute atomic E-state index is 11.7. The van der Waals surface area contributed by atoms with Crippen molar-refractivity contribution in [2.75, 3.05) is 0 Å². The Morgan fingerprint density at radius 3 is 2.41 bits per heavy atom. The minimum absolute atomic E-state index is 0.0965. The minimum atomic E-state index is -0.559. The number of ether oxygens (including phenoxy) is 2. The van der Waals surface area contributed by atoms with Gasteiger partial charge in [0.15, 0.2) is 0 Å². The van der Waals surface area contributed by atoms with Crippen molar-refractivity contribution in [1.82, 2.24) is 0 Å². The third-order valence-corrected chi connectivity index (χ3v) is 12.1. The molecule has 2 N–H and O–H groups in total. The monoisotopic (exact) mass is 444 g/mol. The van der Waals surface area contributed by atoms with Crippen molar-refractivity contribution in [2.24, 2.45) is 40.4 Å². The lowest BCUT2D eigenvalue weighted by Crippen LogP contribution is -2.68. The average Bonchev–Trinajstić information content (AvgIpc) is 3.61. The van der Waals surface area contributed by atoms with Crippen molar-refractivity contribution >= 4 is 0 Å². The quantitative estimate of drug-likeness (QED) is 0.480. The number of hydrogen-bond acceptors (Lipinski definition) is 4. The van der Waals surface area contributed by atoms with Crippen molar-refractivity contribution in [3.63, 3.8) is 0 Å². The van der Waals surface area contributed by atoms with Crippen LogP contribution in [0.25, 0.3) is 0 Å². The van der Waals surface area contributed by atoms with Gasteiger partial charge >= 0.3 is 0 Å². The molecule has 0 bridgehead atoms. The molecule has 2 saturated heterocycles. The standard InChI is InChI=1S/C28H44O4/c1-16(2)17(3)7-8-18(4)20-9-10-21-24(20,5)13-14-27-25(6)12-11-19(29)15-26(25)23(31-26)22(30)28(21,27)32-27/h7-8,16-23,29-30H,9-15H2,1-6H3/b8-7+/t17-,18+,19-,20+,21+,22-,23-,24+,25-,26-,27-,28+/m0/s1. The lowest BCUT2D eigenvalue weighted by molar-refractivity contribution is -0.0911. The Kier molecular flexibility index (Phi) is 4.42. The number of hydrogen-bond donors (Lipinski definition) is 2. The van der Waals surface area contributed by atoms with Crippen molar-refractivity contribution in [2.45, 2.75) is 122 Å². The van der Waals surface area contributed by atoms with Crippen LogP contribution in [0.15, 0.2) is 12.2 Å². The van der Waals surface area contributed by atoms with Crippen LogP contribution < -0.4 is 0 Å². The van der Waals surface area contributed by atoms with Gasteiger partial charge in [-0.2, -0.15) is 0 Å². The van der Waals surface area contributed by atoms with E-state index in [4.69, 9.17) is 9.47 Å². The van der Waals surface area contributed by atoms with Gasteiger partial charge in [0, 0.05) is 11.8 Å². The molecule has 0 radical (unpaired) electrons. The van der Waals surface area contributed by atoms with Crippen LogP contribution in [-0.4, -0.2) is 45.3 Å². The third-order valence-electron chi connectivity index (χ3n) is 12.1. The van der Waals surface area contributed by atoms with E-state index in [2.05, 4.69) is 53.7 Å². The summed E-state index contributed by atoms with van der Waals surface area (Å²) in [5.74, 6) is 2.86. The van der Waals surface area contributed by atoms with Gasteiger partial charge < -0.3 is 19.7 Å². The number of epoxide rings is 2. The van der Waals surface area contributed by atoms with Crippen LogP contribution >= 0.6 is 0 Å². The zero-order valence-corrected chi connectivity index (χ0v) is 20.9. The van der Waals surface area contributed by atoms with E-state index in [0.29, 0.717) is 36.0 Å². The highest BCUT2D eigenvalue weighted by atomic mass is 16.7. The van der Waals surface area contributed by atoms with E-state index in [-0.39, 0.29) is 34.2 Å². The second-order valence-corrected chi connectivity index (χ2v) is 13.4. The number of aliphatic hydroxyl groups is 2. The summed E-state index contributed by atoms with van der Waals surface area (Å²) in [7, 11) is 0. The van der Waals surface area contributed by atoms with Crippen molar-refractivity contribution < 1.29 is 19.7 Å². The summed E-state index contributed by atoms with van der Waals surface area (Å²) in [6.07, 6.45) is 10.9. The number of rotatable bonds is 4. The van der Waals surface area contributed by atoms with Gasteiger partial charge in [-0.25, -0.2) is 0 Å². The van der Waals surface area contributed by atoms with Crippen LogP contribution in [0, 0.1) is 40.4 Å². The summed E-state index contributed by atoms with van der Waals surface area (Å²) < 4.78 is 13.3. The first kappa shape index (κ1) is 22.1. The number of allylic oxidation sites excluding steroid dienone is 2. The number of aliphatic hydroxyl groups excluding tert-OH is 2. The molecule has 4 nitrogen and oxygen atoms in total. The van der Waals surface area contributed by atoms with Gasteiger partial charge in [-0.1, -0.05) is 53.7 Å². The molecule has 0 aromatic heterocycles. The van der Waals surface area contributed by atoms with Gasteiger partial charge in [-0.3, -0.25) is 0 Å². The van der Waals surface area contributed by atoms with Crippen LogP contribution in [0.3, 0.4) is 0 Å². The van der Waals surface area contributed by atoms with Gasteiger partial charge in [0.1, 0.15) is 29.0 Å². The van der Waals surface area contributed by atoms with E-state index >= 15 is 0 Å². The summed E-state index contributed by atoms with van der Waals surface area (Å²) >= 11 is 0. The molecule has 4 aliphatic carbocycles. The van der Waals surface area contributed by atoms with Crippen LogP contribution in [0.5, 0.6) is 0 Å². The molecule has 6 aliphatic rings. The highest BCUT2D eigenvalue weighted by molar-refractivity contribution is 5.44. The van der Waals surface area contributed by atoms with Crippen LogP contribution in [0.2, 0.25) is 0 Å². The first-order chi connectivity index (χ1) is 15.0. The zero-order valence-electron chi connectivity index (χ0n) is 20.9. The Balaban J connectivity index is 1.32. The molecule has 6 fully saturated rings. The summed E-state index contributed by atoms with van der Waals surface area (Å²) in [4.78, 5) is 0. The summed E-state index contributed by atoms with van der Waals surface area (Å²) in [6, 6.07) is 0. The predicted octanol–water partition coefficient (Wildman–Crippen LogP) is 4.87. The number of fused-ring (bicyclic) bond motifs is 1. The van der Waals surface area contributed by atoms with E-state index in [1.165, 1.54) is 12.8 Å². The first-order valence-electron chi connectivity index (χ1n) is 13.4. The summed E-state index contributed by atoms with van der Waals surface area (Å²) in [5, 5.41) is 22.2. The zero-order chi connectivity index (χ0) is 22.9. The topological polar surface area (TPSA) is 65.5 Å². The fraction of sp³-hybridized carbons (Fsp3) is 0.929. The van der Waals surface area contributed by atoms with Gasteiger partial charge in [0.2, 0.25) is 0 Å². The third kappa shape index (κ3) is 2.25. The maximum atomic E-state index is 11.7. The fourth-order valence-corrected chi connectivity index (χ4v) is 9.76. The van der Waals surface area contributed by atoms with Gasteiger partial charge in [0.05, 0.1) is 6.10 Å². The maximum Gasteiger partial charge on any atom is 0.130 e. The van der Waals surface area contributed by atoms with Crippen molar-refractivity contribution in [3.05, 3.63) is 12.2 Å². The molecule has 4 heteroatoms. The lowest BCUT2D eigenvalue weighted by atomic mass is 9.43. The molecule has 12 atom stereocenters. The van der Waals surface area contributed by atoms with Crippen molar-refractivity contribution in [1.29, 1.82) is 0 Å². The smallest absolute Gasteiger partial charge is 0.130 e. The fourth-order valence-electron chi connectivity index (χ4n) is 9.76. The largest absolute Gasteiger partial charge is 0.393 e. The molecule has 2 heterocycles. The van der Waals surface area contributed by atoms with E-state index in [9.17, 15) is 10.2 Å². The molecule has 180 valence electrons. The van der Waals surface area contributed by atoms with E-state index in [0.717, 1.165) is 25.7 Å². The molecule has 1 spiro atoms. The van der Waals surface area contributed by atoms with Crippen LogP contribution in [0.1, 0.15) is 86.5 Å². The van der Waals surface area contributed by atoms with Crippen LogP contribution in [0.4, 0.5) is 0 Å². The van der Waals surface area contributed by atoms with E-state index < -0.39 is 11.7 Å². The molecule has 32 heavy (non-hydrogen) atoms. The highest BCUT2D eigenvalue weighted by Gasteiger charge is 2.97. The molecule has 4 saturated carbocycles. The lowest BCUT2D eigenvalue weighted by Gasteiger charge is -2.56. The molecule has 2 aliphatic heterocycles. The molecule has 0 amide bonds. The molecule has 0 unspecified atom stereocenters. The molecule has 6 rings (SSSR count). The molecular formula is C28H44O4. The van der Waals surface area contributed by atoms with E-state index in [1.54, 1.807) is 0 Å². The normalized spacial score (nSPS) is 59.6. The highest BCUT2D eigenvalue weighted by Crippen LogP contribution is 2.85. The molecule has 0 aromatic rings. The SMILES string of the molecule is CC(C)[C@@H](C)/C=C/[C@@H](C)[C@H]1CC[C@@H]2[C@]1(C)CC[C@@]13O[C@@]21[C@@H](O)[C@@H]1O[C@@]12C[C@@H](O)CC[C@]32C. The van der Waals surface area contributed by atoms with Crippen molar-refractivity contribution in [3.8, 4) is 0 Å². The van der Waals surface area contributed by atoms with E-state index in [1.807, 2.05) is 0 Å². The second kappa shape index (κ2) is 6.42. The summed E-state index contributed by atoms with van der Waals surface area (Å²) in [6.45, 7) is 14.2. The Labute approximate surface area is 194 Å². The first-order valence-corrected chi connectivity index (χ1v) is 13.4. The molecule has 0 aromatic carbocycles. The Hall–Kier alpha value is -0.420. The van der Waals surface area contributed by atoms with Crippen LogP contribution in [-0.2, 0) is 9.47 Å². The average molecular weight is 445 g/mol. The second-order valence-electron chi connectivity index (χ2n) is 13.4.